The molecule has 0 aromatic rings. The van der Waals surface area contributed by atoms with E-state index in [1.165, 1.54) is 58.3 Å². The Morgan fingerprint density at radius 3 is 2.75 bits per heavy atom. The lowest BCUT2D eigenvalue weighted by molar-refractivity contribution is -0.0171. The molecule has 0 spiro atoms. The van der Waals surface area contributed by atoms with Gasteiger partial charge in [-0.2, -0.15) is 12.6 Å². The van der Waals surface area contributed by atoms with Crippen molar-refractivity contribution in [1.29, 1.82) is 0 Å². The monoisotopic (exact) mass is 298 g/mol. The molecule has 0 aromatic carbocycles. The van der Waals surface area contributed by atoms with Gasteiger partial charge in [0.05, 0.1) is 0 Å². The fourth-order valence-electron chi connectivity index (χ4n) is 4.52. The average Bonchev–Trinajstić information content (AvgIpc) is 2.48. The van der Waals surface area contributed by atoms with Gasteiger partial charge in [0.25, 0.3) is 0 Å². The maximum atomic E-state index is 5.56. The van der Waals surface area contributed by atoms with Crippen molar-refractivity contribution in [3.63, 3.8) is 0 Å². The van der Waals surface area contributed by atoms with Crippen LogP contribution in [-0.2, 0) is 4.74 Å². The molecule has 2 atom stereocenters. The van der Waals surface area contributed by atoms with Gasteiger partial charge >= 0.3 is 0 Å². The summed E-state index contributed by atoms with van der Waals surface area (Å²) in [5.41, 5.74) is 0.411. The number of rotatable bonds is 3. The van der Waals surface area contributed by atoms with Crippen LogP contribution in [-0.4, -0.2) is 68.0 Å². The third kappa shape index (κ3) is 3.18. The quantitative estimate of drug-likeness (QED) is 0.804. The van der Waals surface area contributed by atoms with Crippen molar-refractivity contribution in [2.75, 3.05) is 52.2 Å². The second-order valence-electron chi connectivity index (χ2n) is 7.24. The van der Waals surface area contributed by atoms with Gasteiger partial charge in [0.1, 0.15) is 0 Å². The fourth-order valence-corrected chi connectivity index (χ4v) is 4.93. The van der Waals surface area contributed by atoms with Gasteiger partial charge in [-0.1, -0.05) is 0 Å². The molecule has 0 radical (unpaired) electrons. The Hall–Kier alpha value is 0.230. The SMILES string of the molecule is CN1CCCC2CN(CC3(CS)CCOCC3)CCC21. The van der Waals surface area contributed by atoms with E-state index in [0.29, 0.717) is 5.41 Å². The topological polar surface area (TPSA) is 15.7 Å². The zero-order chi connectivity index (χ0) is 14.0. The predicted octanol–water partition coefficient (Wildman–Crippen LogP) is 2.13. The molecule has 0 saturated carbocycles. The average molecular weight is 298 g/mol. The van der Waals surface area contributed by atoms with Crippen molar-refractivity contribution in [2.45, 2.75) is 38.1 Å². The van der Waals surface area contributed by atoms with E-state index in [1.807, 2.05) is 0 Å². The molecule has 3 heterocycles. The van der Waals surface area contributed by atoms with Crippen molar-refractivity contribution in [1.82, 2.24) is 9.80 Å². The second-order valence-corrected chi connectivity index (χ2v) is 7.56. The third-order valence-corrected chi connectivity index (χ3v) is 6.55. The first-order valence-corrected chi connectivity index (χ1v) is 8.97. The number of fused-ring (bicyclic) bond motifs is 1. The molecule has 0 aromatic heterocycles. The lowest BCUT2D eigenvalue weighted by Crippen LogP contribution is -2.55. The van der Waals surface area contributed by atoms with Crippen molar-refractivity contribution in [2.24, 2.45) is 11.3 Å². The number of piperidine rings is 2. The first-order valence-electron chi connectivity index (χ1n) is 8.34. The smallest absolute Gasteiger partial charge is 0.0472 e. The number of nitrogens with zero attached hydrogens (tertiary/aromatic N) is 2. The number of likely N-dealkylation sites (tertiary alicyclic amines) is 2. The van der Waals surface area contributed by atoms with Crippen molar-refractivity contribution in [3.8, 4) is 0 Å². The lowest BCUT2D eigenvalue weighted by Gasteiger charge is -2.48. The summed E-state index contributed by atoms with van der Waals surface area (Å²) in [6, 6.07) is 0.849. The summed E-state index contributed by atoms with van der Waals surface area (Å²) >= 11 is 4.67. The molecule has 0 bridgehead atoms. The van der Waals surface area contributed by atoms with E-state index in [9.17, 15) is 0 Å². The molecule has 3 aliphatic rings. The van der Waals surface area contributed by atoms with Gasteiger partial charge in [0.2, 0.25) is 0 Å². The molecule has 4 heteroatoms. The van der Waals surface area contributed by atoms with Crippen LogP contribution in [0.2, 0.25) is 0 Å². The molecule has 0 aliphatic carbocycles. The van der Waals surface area contributed by atoms with E-state index >= 15 is 0 Å². The Kier molecular flexibility index (Phi) is 4.96. The summed E-state index contributed by atoms with van der Waals surface area (Å²) in [5, 5.41) is 0. The fraction of sp³-hybridized carbons (Fsp3) is 1.00. The summed E-state index contributed by atoms with van der Waals surface area (Å²) < 4.78 is 5.56. The minimum absolute atomic E-state index is 0.411. The molecular weight excluding hydrogens is 268 g/mol. The van der Waals surface area contributed by atoms with Gasteiger partial charge in [-0.3, -0.25) is 0 Å². The normalized spacial score (nSPS) is 35.7. The predicted molar refractivity (Wildman–Crippen MR) is 86.5 cm³/mol. The molecule has 20 heavy (non-hydrogen) atoms. The minimum atomic E-state index is 0.411. The van der Waals surface area contributed by atoms with Crippen molar-refractivity contribution in [3.05, 3.63) is 0 Å². The highest BCUT2D eigenvalue weighted by molar-refractivity contribution is 7.80. The van der Waals surface area contributed by atoms with Crippen LogP contribution in [0.15, 0.2) is 0 Å². The largest absolute Gasteiger partial charge is 0.381 e. The zero-order valence-corrected chi connectivity index (χ0v) is 13.8. The van der Waals surface area contributed by atoms with E-state index in [0.717, 1.165) is 30.9 Å². The van der Waals surface area contributed by atoms with Crippen LogP contribution in [0, 0.1) is 11.3 Å². The van der Waals surface area contributed by atoms with Gasteiger partial charge < -0.3 is 14.5 Å². The van der Waals surface area contributed by atoms with Crippen LogP contribution in [0.4, 0.5) is 0 Å². The van der Waals surface area contributed by atoms with Gasteiger partial charge in [-0.25, -0.2) is 0 Å². The molecule has 116 valence electrons. The summed E-state index contributed by atoms with van der Waals surface area (Å²) in [6.07, 6.45) is 6.57. The van der Waals surface area contributed by atoms with Crippen LogP contribution in [0.25, 0.3) is 0 Å². The minimum Gasteiger partial charge on any atom is -0.381 e. The van der Waals surface area contributed by atoms with Crippen LogP contribution >= 0.6 is 12.6 Å². The van der Waals surface area contributed by atoms with E-state index < -0.39 is 0 Å². The Bertz CT molecular complexity index is 320. The van der Waals surface area contributed by atoms with E-state index in [2.05, 4.69) is 29.5 Å². The molecule has 0 N–H and O–H groups in total. The highest BCUT2D eigenvalue weighted by Gasteiger charge is 2.38. The maximum Gasteiger partial charge on any atom is 0.0472 e. The Morgan fingerprint density at radius 1 is 1.20 bits per heavy atom. The summed E-state index contributed by atoms with van der Waals surface area (Å²) in [4.78, 5) is 5.34. The van der Waals surface area contributed by atoms with Gasteiger partial charge in [-0.05, 0) is 69.3 Å². The van der Waals surface area contributed by atoms with Crippen LogP contribution in [0.5, 0.6) is 0 Å². The first-order chi connectivity index (χ1) is 9.72. The van der Waals surface area contributed by atoms with Gasteiger partial charge in [-0.15, -0.1) is 0 Å². The third-order valence-electron chi connectivity index (χ3n) is 5.88. The molecular formula is C16H30N2OS. The lowest BCUT2D eigenvalue weighted by atomic mass is 9.79. The van der Waals surface area contributed by atoms with E-state index in [1.54, 1.807) is 0 Å². The number of hydrogen-bond acceptors (Lipinski definition) is 4. The molecule has 0 amide bonds. The van der Waals surface area contributed by atoms with E-state index in [4.69, 9.17) is 4.74 Å². The molecule has 3 rings (SSSR count). The number of ether oxygens (including phenoxy) is 1. The highest BCUT2D eigenvalue weighted by Crippen LogP contribution is 2.36. The Labute approximate surface area is 129 Å². The summed E-state index contributed by atoms with van der Waals surface area (Å²) in [6.45, 7) is 7.01. The summed E-state index contributed by atoms with van der Waals surface area (Å²) in [5.74, 6) is 1.92. The molecule has 3 nitrogen and oxygen atoms in total. The highest BCUT2D eigenvalue weighted by atomic mass is 32.1. The molecule has 2 unspecified atom stereocenters. The maximum absolute atomic E-state index is 5.56. The first kappa shape index (κ1) is 15.1. The van der Waals surface area contributed by atoms with Gasteiger partial charge in [0, 0.05) is 32.3 Å². The van der Waals surface area contributed by atoms with E-state index in [-0.39, 0.29) is 0 Å². The summed E-state index contributed by atoms with van der Waals surface area (Å²) in [7, 11) is 2.32. The van der Waals surface area contributed by atoms with Gasteiger partial charge in [0.15, 0.2) is 0 Å². The second kappa shape index (κ2) is 6.55. The Balaban J connectivity index is 1.58. The van der Waals surface area contributed by atoms with Crippen LogP contribution in [0.3, 0.4) is 0 Å². The zero-order valence-electron chi connectivity index (χ0n) is 12.9. The van der Waals surface area contributed by atoms with Crippen molar-refractivity contribution >= 4 is 12.6 Å². The standard InChI is InChI=1S/C16H30N2OS/c1-17-7-2-3-14-11-18(8-4-15(14)17)12-16(13-20)5-9-19-10-6-16/h14-15,20H,2-13H2,1H3. The number of thiol groups is 1. The number of hydrogen-bond donors (Lipinski definition) is 1. The molecule has 3 aliphatic heterocycles. The molecule has 3 saturated heterocycles. The van der Waals surface area contributed by atoms with Crippen LogP contribution < -0.4 is 0 Å². The molecule has 3 fully saturated rings. The van der Waals surface area contributed by atoms with Crippen LogP contribution in [0.1, 0.15) is 32.1 Å². The van der Waals surface area contributed by atoms with Crippen molar-refractivity contribution < 1.29 is 4.74 Å². The Morgan fingerprint density at radius 2 is 2.00 bits per heavy atom.